The first-order valence-electron chi connectivity index (χ1n) is 10.7. The molecule has 30 heavy (non-hydrogen) atoms. The zero-order chi connectivity index (χ0) is 21.1. The lowest BCUT2D eigenvalue weighted by molar-refractivity contribution is -0.157. The number of hydrogen-bond donors (Lipinski definition) is 2. The molecule has 1 aliphatic heterocycles. The van der Waals surface area contributed by atoms with Gasteiger partial charge in [0.2, 0.25) is 12.3 Å². The summed E-state index contributed by atoms with van der Waals surface area (Å²) in [5.41, 5.74) is 1.86. The summed E-state index contributed by atoms with van der Waals surface area (Å²) in [6.45, 7) is 2.75. The van der Waals surface area contributed by atoms with Crippen molar-refractivity contribution in [1.29, 1.82) is 0 Å². The van der Waals surface area contributed by atoms with Crippen LogP contribution in [0.2, 0.25) is 0 Å². The van der Waals surface area contributed by atoms with Crippen molar-refractivity contribution in [2.75, 3.05) is 13.1 Å². The van der Waals surface area contributed by atoms with Gasteiger partial charge in [0, 0.05) is 6.54 Å². The monoisotopic (exact) mass is 408 g/mol. The summed E-state index contributed by atoms with van der Waals surface area (Å²) < 4.78 is 0. The van der Waals surface area contributed by atoms with Crippen LogP contribution in [0.25, 0.3) is 21.8 Å². The maximum Gasteiger partial charge on any atom is 0.233 e. The Morgan fingerprint density at radius 2 is 2.13 bits per heavy atom. The van der Waals surface area contributed by atoms with Gasteiger partial charge in [-0.15, -0.1) is 0 Å². The molecule has 1 aromatic heterocycles. The van der Waals surface area contributed by atoms with Gasteiger partial charge >= 0.3 is 0 Å². The molecule has 2 atom stereocenters. The van der Waals surface area contributed by atoms with Crippen molar-refractivity contribution in [1.82, 2.24) is 19.9 Å². The van der Waals surface area contributed by atoms with E-state index < -0.39 is 5.92 Å². The standard InChI is InChI=1S/C23H28N4O3/c1-2-3-7-18(14-26(30)15-28)23(29)27-11-6-10-21(27)22-24-19-12-16-8-4-5-9-17(16)13-20(19)25-22/h4-5,8-9,12-13,15,18,21,30H,2-3,6-7,10-11,14H2,1H3,(H,24,25)/t18?,21-/m0/s1. The third kappa shape index (κ3) is 4.03. The molecule has 7 heteroatoms. The number of hydroxylamine groups is 2. The van der Waals surface area contributed by atoms with Crippen molar-refractivity contribution < 1.29 is 14.8 Å². The molecule has 2 heterocycles. The van der Waals surface area contributed by atoms with Crippen LogP contribution in [0.4, 0.5) is 0 Å². The van der Waals surface area contributed by atoms with Crippen LogP contribution in [0.15, 0.2) is 36.4 Å². The Morgan fingerprint density at radius 3 is 2.87 bits per heavy atom. The average Bonchev–Trinajstić information content (AvgIpc) is 3.40. The normalized spacial score (nSPS) is 17.5. The number of likely N-dealkylation sites (tertiary alicyclic amines) is 1. The topological polar surface area (TPSA) is 89.5 Å². The SMILES string of the molecule is CCCCC(CN(O)C=O)C(=O)N1CCC[C@H]1c1nc2cc3ccccc3cc2[nH]1. The number of benzene rings is 2. The number of carbonyl (C=O) groups excluding carboxylic acids is 2. The largest absolute Gasteiger partial charge is 0.340 e. The van der Waals surface area contributed by atoms with E-state index in [1.165, 1.54) is 0 Å². The van der Waals surface area contributed by atoms with Gasteiger partial charge in [-0.2, -0.15) is 0 Å². The van der Waals surface area contributed by atoms with Crippen LogP contribution < -0.4 is 0 Å². The number of imidazole rings is 1. The Balaban J connectivity index is 1.60. The maximum absolute atomic E-state index is 13.3. The Kier molecular flexibility index (Phi) is 5.99. The molecule has 1 unspecified atom stereocenters. The van der Waals surface area contributed by atoms with Crippen LogP contribution in [0, 0.1) is 5.92 Å². The molecule has 1 fully saturated rings. The minimum absolute atomic E-state index is 0.0162. The number of nitrogens with zero attached hydrogens (tertiary/aromatic N) is 3. The van der Waals surface area contributed by atoms with Crippen LogP contribution >= 0.6 is 0 Å². The van der Waals surface area contributed by atoms with Gasteiger partial charge in [-0.05, 0) is 42.2 Å². The van der Waals surface area contributed by atoms with Crippen molar-refractivity contribution in [2.24, 2.45) is 5.92 Å². The fourth-order valence-corrected chi connectivity index (χ4v) is 4.44. The number of carbonyl (C=O) groups is 2. The second-order valence-corrected chi connectivity index (χ2v) is 8.09. The van der Waals surface area contributed by atoms with E-state index in [1.807, 2.05) is 17.0 Å². The molecule has 1 aliphatic rings. The van der Waals surface area contributed by atoms with E-state index in [2.05, 4.69) is 36.2 Å². The van der Waals surface area contributed by atoms with Crippen LogP contribution in [0.1, 0.15) is 50.9 Å². The first kappa shape index (κ1) is 20.3. The minimum Gasteiger partial charge on any atom is -0.340 e. The molecule has 1 saturated heterocycles. The average molecular weight is 409 g/mol. The number of fused-ring (bicyclic) bond motifs is 2. The van der Waals surface area contributed by atoms with Gasteiger partial charge in [0.05, 0.1) is 29.5 Å². The number of amides is 2. The Labute approximate surface area is 175 Å². The molecule has 4 rings (SSSR count). The van der Waals surface area contributed by atoms with Gasteiger partial charge in [-0.3, -0.25) is 14.8 Å². The summed E-state index contributed by atoms with van der Waals surface area (Å²) in [6.07, 6.45) is 4.59. The van der Waals surface area contributed by atoms with Gasteiger partial charge in [0.1, 0.15) is 5.82 Å². The summed E-state index contributed by atoms with van der Waals surface area (Å²) in [5.74, 6) is 0.377. The number of nitrogens with one attached hydrogen (secondary N) is 1. The first-order valence-corrected chi connectivity index (χ1v) is 10.7. The van der Waals surface area contributed by atoms with Crippen LogP contribution in [-0.4, -0.2) is 50.5 Å². The summed E-state index contributed by atoms with van der Waals surface area (Å²) in [6, 6.07) is 12.2. The molecule has 0 radical (unpaired) electrons. The van der Waals surface area contributed by atoms with Gasteiger partial charge in [-0.1, -0.05) is 44.0 Å². The number of unbranched alkanes of at least 4 members (excludes halogenated alkanes) is 1. The lowest BCUT2D eigenvalue weighted by Gasteiger charge is -2.29. The van der Waals surface area contributed by atoms with Crippen molar-refractivity contribution in [2.45, 2.75) is 45.1 Å². The molecular formula is C23H28N4O3. The number of aromatic nitrogens is 2. The zero-order valence-electron chi connectivity index (χ0n) is 17.3. The highest BCUT2D eigenvalue weighted by Crippen LogP contribution is 2.34. The molecule has 3 aromatic rings. The molecule has 2 aromatic carbocycles. The maximum atomic E-state index is 13.3. The van der Waals surface area contributed by atoms with Crippen molar-refractivity contribution in [3.05, 3.63) is 42.2 Å². The summed E-state index contributed by atoms with van der Waals surface area (Å²) in [7, 11) is 0. The van der Waals surface area contributed by atoms with Crippen LogP contribution in [0.5, 0.6) is 0 Å². The fraction of sp³-hybridized carbons (Fsp3) is 0.435. The summed E-state index contributed by atoms with van der Waals surface area (Å²) in [5, 5.41) is 12.5. The van der Waals surface area contributed by atoms with E-state index in [1.54, 1.807) is 0 Å². The van der Waals surface area contributed by atoms with E-state index >= 15 is 0 Å². The van der Waals surface area contributed by atoms with Gasteiger partial charge in [0.15, 0.2) is 0 Å². The predicted molar refractivity (Wildman–Crippen MR) is 115 cm³/mol. The Morgan fingerprint density at radius 1 is 1.37 bits per heavy atom. The summed E-state index contributed by atoms with van der Waals surface area (Å²) in [4.78, 5) is 34.3. The Hall–Kier alpha value is -2.93. The molecule has 0 saturated carbocycles. The predicted octanol–water partition coefficient (Wildman–Crippen LogP) is 4.03. The fourth-order valence-electron chi connectivity index (χ4n) is 4.44. The van der Waals surface area contributed by atoms with E-state index in [-0.39, 0.29) is 18.5 Å². The second kappa shape index (κ2) is 8.83. The van der Waals surface area contributed by atoms with Crippen molar-refractivity contribution in [3.63, 3.8) is 0 Å². The highest BCUT2D eigenvalue weighted by molar-refractivity contribution is 5.95. The van der Waals surface area contributed by atoms with Crippen molar-refractivity contribution in [3.8, 4) is 0 Å². The Bertz CT molecular complexity index is 995. The molecular weight excluding hydrogens is 380 g/mol. The molecule has 7 nitrogen and oxygen atoms in total. The minimum atomic E-state index is -0.410. The van der Waals surface area contributed by atoms with Crippen molar-refractivity contribution >= 4 is 34.1 Å². The van der Waals surface area contributed by atoms with Gasteiger partial charge in [-0.25, -0.2) is 10.0 Å². The highest BCUT2D eigenvalue weighted by Gasteiger charge is 2.36. The number of H-pyrrole nitrogens is 1. The van der Waals surface area contributed by atoms with Crippen LogP contribution in [0.3, 0.4) is 0 Å². The quantitative estimate of drug-likeness (QED) is 0.334. The molecule has 0 bridgehead atoms. The van der Waals surface area contributed by atoms with E-state index in [0.29, 0.717) is 24.4 Å². The lowest BCUT2D eigenvalue weighted by atomic mass is 9.99. The lowest BCUT2D eigenvalue weighted by Crippen LogP contribution is -2.40. The number of rotatable bonds is 8. The van der Waals surface area contributed by atoms with Crippen LogP contribution in [-0.2, 0) is 9.59 Å². The smallest absolute Gasteiger partial charge is 0.233 e. The van der Waals surface area contributed by atoms with Gasteiger partial charge < -0.3 is 9.88 Å². The molecule has 158 valence electrons. The molecule has 0 aliphatic carbocycles. The number of aromatic amines is 1. The van der Waals surface area contributed by atoms with E-state index in [0.717, 1.165) is 53.3 Å². The number of hydrogen-bond acceptors (Lipinski definition) is 4. The summed E-state index contributed by atoms with van der Waals surface area (Å²) >= 11 is 0. The molecule has 0 spiro atoms. The molecule has 2 N–H and O–H groups in total. The third-order valence-corrected chi connectivity index (χ3v) is 6.00. The molecule has 2 amide bonds. The highest BCUT2D eigenvalue weighted by atomic mass is 16.5. The van der Waals surface area contributed by atoms with E-state index in [9.17, 15) is 14.8 Å². The van der Waals surface area contributed by atoms with Gasteiger partial charge in [0.25, 0.3) is 0 Å². The first-order chi connectivity index (χ1) is 14.6. The zero-order valence-corrected chi connectivity index (χ0v) is 17.3. The second-order valence-electron chi connectivity index (χ2n) is 8.09. The van der Waals surface area contributed by atoms with E-state index in [4.69, 9.17) is 4.98 Å². The third-order valence-electron chi connectivity index (χ3n) is 6.00.